The Hall–Kier alpha value is -1.61. The highest BCUT2D eigenvalue weighted by Gasteiger charge is 2.21. The van der Waals surface area contributed by atoms with Crippen LogP contribution in [-0.2, 0) is 0 Å². The molecule has 0 spiro atoms. The van der Waals surface area contributed by atoms with Gasteiger partial charge in [-0.2, -0.15) is 0 Å². The SMILES string of the molecule is Clc1ccc(C2=CC(Sc3ccccc3)Sc3ccccc32)cc1. The van der Waals surface area contributed by atoms with E-state index in [9.17, 15) is 0 Å². The molecule has 1 unspecified atom stereocenters. The first kappa shape index (κ1) is 15.9. The van der Waals surface area contributed by atoms with Crippen LogP contribution in [0.3, 0.4) is 0 Å². The lowest BCUT2D eigenvalue weighted by molar-refractivity contribution is 1.34. The van der Waals surface area contributed by atoms with E-state index >= 15 is 0 Å². The van der Waals surface area contributed by atoms with E-state index in [1.165, 1.54) is 26.5 Å². The van der Waals surface area contributed by atoms with Crippen LogP contribution in [0.4, 0.5) is 0 Å². The summed E-state index contributed by atoms with van der Waals surface area (Å²) in [6, 6.07) is 27.3. The molecular weight excluding hydrogens is 352 g/mol. The molecule has 118 valence electrons. The molecule has 1 aliphatic rings. The van der Waals surface area contributed by atoms with Gasteiger partial charge in [0.1, 0.15) is 0 Å². The molecule has 3 aromatic rings. The van der Waals surface area contributed by atoms with Crippen LogP contribution in [0.5, 0.6) is 0 Å². The van der Waals surface area contributed by atoms with Gasteiger partial charge in [0.05, 0.1) is 4.58 Å². The summed E-state index contributed by atoms with van der Waals surface area (Å²) in [5.41, 5.74) is 3.80. The standard InChI is InChI=1S/C21H15ClS2/c22-16-12-10-15(11-13-16)19-14-21(23-17-6-2-1-3-7-17)24-20-9-5-4-8-18(19)20/h1-14,21H. The van der Waals surface area contributed by atoms with E-state index in [1.807, 2.05) is 35.7 Å². The average molecular weight is 367 g/mol. The van der Waals surface area contributed by atoms with Crippen molar-refractivity contribution in [3.8, 4) is 0 Å². The van der Waals surface area contributed by atoms with Gasteiger partial charge in [-0.1, -0.05) is 66.2 Å². The van der Waals surface area contributed by atoms with Gasteiger partial charge in [0.15, 0.2) is 0 Å². The maximum Gasteiger partial charge on any atom is 0.0785 e. The zero-order valence-corrected chi connectivity index (χ0v) is 15.2. The maximum atomic E-state index is 6.06. The van der Waals surface area contributed by atoms with Crippen molar-refractivity contribution in [3.05, 3.63) is 101 Å². The third-order valence-electron chi connectivity index (χ3n) is 3.87. The van der Waals surface area contributed by atoms with Gasteiger partial charge in [-0.05, 0) is 47.0 Å². The van der Waals surface area contributed by atoms with E-state index < -0.39 is 0 Å². The lowest BCUT2D eigenvalue weighted by Crippen LogP contribution is -2.03. The molecule has 4 rings (SSSR count). The van der Waals surface area contributed by atoms with Crippen LogP contribution in [0.25, 0.3) is 5.57 Å². The van der Waals surface area contributed by atoms with Gasteiger partial charge in [0.25, 0.3) is 0 Å². The Morgan fingerprint density at radius 1 is 0.792 bits per heavy atom. The topological polar surface area (TPSA) is 0 Å². The van der Waals surface area contributed by atoms with Crippen LogP contribution in [0.15, 0.2) is 94.7 Å². The average Bonchev–Trinajstić information content (AvgIpc) is 2.63. The zero-order valence-electron chi connectivity index (χ0n) is 12.9. The minimum absolute atomic E-state index is 0.355. The molecule has 0 fully saturated rings. The summed E-state index contributed by atoms with van der Waals surface area (Å²) in [4.78, 5) is 2.62. The van der Waals surface area contributed by atoms with Gasteiger partial charge >= 0.3 is 0 Å². The molecule has 0 radical (unpaired) electrons. The number of rotatable bonds is 3. The Kier molecular flexibility index (Phi) is 4.70. The van der Waals surface area contributed by atoms with Crippen LogP contribution in [0.2, 0.25) is 5.02 Å². The summed E-state index contributed by atoms with van der Waals surface area (Å²) in [6.07, 6.45) is 2.37. The number of thioether (sulfide) groups is 2. The molecule has 24 heavy (non-hydrogen) atoms. The van der Waals surface area contributed by atoms with Crippen molar-refractivity contribution in [3.63, 3.8) is 0 Å². The summed E-state index contributed by atoms with van der Waals surface area (Å²) in [6.45, 7) is 0. The second-order valence-corrected chi connectivity index (χ2v) is 8.63. The summed E-state index contributed by atoms with van der Waals surface area (Å²) in [5.74, 6) is 0. The summed E-state index contributed by atoms with van der Waals surface area (Å²) in [7, 11) is 0. The monoisotopic (exact) mass is 366 g/mol. The summed E-state index contributed by atoms with van der Waals surface area (Å²) >= 11 is 9.86. The molecule has 0 aliphatic carbocycles. The minimum Gasteiger partial charge on any atom is -0.107 e. The number of hydrogen-bond donors (Lipinski definition) is 0. The van der Waals surface area contributed by atoms with Gasteiger partial charge in [0.2, 0.25) is 0 Å². The van der Waals surface area contributed by atoms with Crippen LogP contribution in [0, 0.1) is 0 Å². The molecule has 0 nitrogen and oxygen atoms in total. The van der Waals surface area contributed by atoms with Gasteiger partial charge in [-0.15, -0.1) is 23.5 Å². The van der Waals surface area contributed by atoms with Crippen molar-refractivity contribution < 1.29 is 0 Å². The first-order chi connectivity index (χ1) is 11.8. The highest BCUT2D eigenvalue weighted by atomic mass is 35.5. The Morgan fingerprint density at radius 2 is 1.50 bits per heavy atom. The zero-order chi connectivity index (χ0) is 16.4. The van der Waals surface area contributed by atoms with Crippen molar-refractivity contribution in [2.75, 3.05) is 0 Å². The molecule has 0 saturated heterocycles. The Bertz CT molecular complexity index is 870. The van der Waals surface area contributed by atoms with Crippen LogP contribution >= 0.6 is 35.1 Å². The fraction of sp³-hybridized carbons (Fsp3) is 0.0476. The van der Waals surface area contributed by atoms with E-state index in [-0.39, 0.29) is 0 Å². The molecule has 0 aromatic heterocycles. The van der Waals surface area contributed by atoms with Gasteiger partial charge in [-0.25, -0.2) is 0 Å². The van der Waals surface area contributed by atoms with Crippen molar-refractivity contribution in [2.45, 2.75) is 14.4 Å². The third-order valence-corrected chi connectivity index (χ3v) is 6.59. The van der Waals surface area contributed by atoms with Gasteiger partial charge < -0.3 is 0 Å². The number of fused-ring (bicyclic) bond motifs is 1. The quantitative estimate of drug-likeness (QED) is 0.489. The molecule has 0 N–H and O–H groups in total. The van der Waals surface area contributed by atoms with Crippen molar-refractivity contribution in [1.29, 1.82) is 0 Å². The highest BCUT2D eigenvalue weighted by Crippen LogP contribution is 2.46. The normalized spacial score (nSPS) is 16.4. The Labute approximate surface area is 155 Å². The molecule has 0 amide bonds. The predicted molar refractivity (Wildman–Crippen MR) is 107 cm³/mol. The summed E-state index contributed by atoms with van der Waals surface area (Å²) < 4.78 is 0.355. The fourth-order valence-corrected chi connectivity index (χ4v) is 5.42. The lowest BCUT2D eigenvalue weighted by atomic mass is 9.97. The van der Waals surface area contributed by atoms with E-state index in [0.717, 1.165) is 5.02 Å². The maximum absolute atomic E-state index is 6.06. The first-order valence-electron chi connectivity index (χ1n) is 7.75. The van der Waals surface area contributed by atoms with Crippen molar-refractivity contribution in [1.82, 2.24) is 0 Å². The smallest absolute Gasteiger partial charge is 0.0785 e. The van der Waals surface area contributed by atoms with Gasteiger partial charge in [-0.3, -0.25) is 0 Å². The first-order valence-corrected chi connectivity index (χ1v) is 9.89. The van der Waals surface area contributed by atoms with Crippen LogP contribution in [0.1, 0.15) is 11.1 Å². The molecule has 3 heteroatoms. The lowest BCUT2D eigenvalue weighted by Gasteiger charge is -2.24. The van der Waals surface area contributed by atoms with Crippen molar-refractivity contribution in [2.24, 2.45) is 0 Å². The summed E-state index contributed by atoms with van der Waals surface area (Å²) in [5, 5.41) is 0.771. The van der Waals surface area contributed by atoms with Crippen LogP contribution < -0.4 is 0 Å². The second-order valence-electron chi connectivity index (χ2n) is 5.50. The number of hydrogen-bond acceptors (Lipinski definition) is 2. The number of benzene rings is 3. The van der Waals surface area contributed by atoms with Crippen molar-refractivity contribution >= 4 is 40.7 Å². The number of halogens is 1. The molecule has 1 aliphatic heterocycles. The molecule has 0 bridgehead atoms. The van der Waals surface area contributed by atoms with Crippen LogP contribution in [-0.4, -0.2) is 4.58 Å². The molecular formula is C21H15ClS2. The molecule has 1 heterocycles. The minimum atomic E-state index is 0.355. The van der Waals surface area contributed by atoms with E-state index in [1.54, 1.807) is 0 Å². The largest absolute Gasteiger partial charge is 0.107 e. The molecule has 3 aromatic carbocycles. The predicted octanol–water partition coefficient (Wildman–Crippen LogP) is 7.00. The third kappa shape index (κ3) is 3.41. The second kappa shape index (κ2) is 7.10. The van der Waals surface area contributed by atoms with Gasteiger partial charge in [0, 0.05) is 14.8 Å². The molecule has 0 saturated carbocycles. The fourth-order valence-electron chi connectivity index (χ4n) is 2.75. The van der Waals surface area contributed by atoms with E-state index in [0.29, 0.717) is 4.58 Å². The van der Waals surface area contributed by atoms with E-state index in [2.05, 4.69) is 72.8 Å². The van der Waals surface area contributed by atoms with E-state index in [4.69, 9.17) is 11.6 Å². The Morgan fingerprint density at radius 3 is 2.29 bits per heavy atom. The highest BCUT2D eigenvalue weighted by molar-refractivity contribution is 8.17. The molecule has 1 atom stereocenters. The Balaban J connectivity index is 1.73.